The molecular formula is C15H21N3S. The Morgan fingerprint density at radius 2 is 2.21 bits per heavy atom. The van der Waals surface area contributed by atoms with Gasteiger partial charge in [-0.05, 0) is 30.4 Å². The lowest BCUT2D eigenvalue weighted by Gasteiger charge is -2.25. The topological polar surface area (TPSA) is 29.9 Å². The van der Waals surface area contributed by atoms with Gasteiger partial charge in [0.2, 0.25) is 5.95 Å². The first-order chi connectivity index (χ1) is 8.97. The fourth-order valence-corrected chi connectivity index (χ4v) is 3.63. The molecule has 4 heteroatoms. The Hall–Kier alpha value is -1.29. The van der Waals surface area contributed by atoms with Crippen LogP contribution in [0, 0.1) is 6.92 Å². The van der Waals surface area contributed by atoms with Gasteiger partial charge in [0.1, 0.15) is 0 Å². The summed E-state index contributed by atoms with van der Waals surface area (Å²) in [5.74, 6) is 1.02. The van der Waals surface area contributed by atoms with E-state index in [0.717, 1.165) is 24.6 Å². The zero-order valence-electron chi connectivity index (χ0n) is 12.0. The van der Waals surface area contributed by atoms with E-state index < -0.39 is 0 Å². The Bertz CT molecular complexity index is 589. The Labute approximate surface area is 118 Å². The summed E-state index contributed by atoms with van der Waals surface area (Å²) in [7, 11) is 0. The number of nitrogens with one attached hydrogen (secondary N) is 1. The predicted octanol–water partition coefficient (Wildman–Crippen LogP) is 3.96. The Balaban J connectivity index is 2.05. The van der Waals surface area contributed by atoms with E-state index in [1.807, 2.05) is 11.3 Å². The van der Waals surface area contributed by atoms with E-state index in [4.69, 9.17) is 4.98 Å². The van der Waals surface area contributed by atoms with Crippen LogP contribution in [0.15, 0.2) is 17.6 Å². The van der Waals surface area contributed by atoms with Crippen molar-refractivity contribution in [2.45, 2.75) is 45.6 Å². The van der Waals surface area contributed by atoms with E-state index in [2.05, 4.69) is 55.2 Å². The molecule has 0 aromatic carbocycles. The monoisotopic (exact) mass is 275 g/mol. The number of nitrogens with zero attached hydrogens (tertiary/aromatic N) is 2. The molecule has 2 aromatic rings. The fourth-order valence-electron chi connectivity index (χ4n) is 2.57. The van der Waals surface area contributed by atoms with Crippen LogP contribution in [0.25, 0.3) is 0 Å². The van der Waals surface area contributed by atoms with Gasteiger partial charge in [-0.15, -0.1) is 11.3 Å². The molecule has 0 saturated carbocycles. The third-order valence-corrected chi connectivity index (χ3v) is 4.86. The molecule has 1 aliphatic heterocycles. The minimum absolute atomic E-state index is 0.0983. The van der Waals surface area contributed by atoms with Crippen LogP contribution < -0.4 is 5.32 Å². The van der Waals surface area contributed by atoms with Gasteiger partial charge in [-0.2, -0.15) is 0 Å². The van der Waals surface area contributed by atoms with E-state index in [0.29, 0.717) is 6.04 Å². The van der Waals surface area contributed by atoms with E-state index in [1.165, 1.54) is 10.4 Å². The Kier molecular flexibility index (Phi) is 2.93. The van der Waals surface area contributed by atoms with Crippen LogP contribution in [0.5, 0.6) is 0 Å². The first-order valence-electron chi connectivity index (χ1n) is 6.84. The lowest BCUT2D eigenvalue weighted by molar-refractivity contribution is 0.532. The number of fused-ring (bicyclic) bond motifs is 1. The number of aromatic nitrogens is 2. The summed E-state index contributed by atoms with van der Waals surface area (Å²) in [5.41, 5.74) is 2.66. The average Bonchev–Trinajstić information content (AvgIpc) is 2.93. The SMILES string of the molecule is Cc1ccsc1C1CCNc2nc(C(C)(C)C)cn21. The molecule has 3 nitrogen and oxygen atoms in total. The van der Waals surface area contributed by atoms with Gasteiger partial charge in [0.15, 0.2) is 0 Å². The van der Waals surface area contributed by atoms with Crippen molar-refractivity contribution in [1.82, 2.24) is 9.55 Å². The molecule has 2 aromatic heterocycles. The molecule has 0 bridgehead atoms. The van der Waals surface area contributed by atoms with Gasteiger partial charge in [-0.3, -0.25) is 0 Å². The maximum atomic E-state index is 4.77. The summed E-state index contributed by atoms with van der Waals surface area (Å²) in [6.07, 6.45) is 3.36. The largest absolute Gasteiger partial charge is 0.356 e. The second-order valence-corrected chi connectivity index (χ2v) is 7.25. The quantitative estimate of drug-likeness (QED) is 0.854. The lowest BCUT2D eigenvalue weighted by Crippen LogP contribution is -2.23. The first-order valence-corrected chi connectivity index (χ1v) is 7.72. The van der Waals surface area contributed by atoms with Crippen molar-refractivity contribution in [3.05, 3.63) is 33.8 Å². The van der Waals surface area contributed by atoms with Gasteiger partial charge < -0.3 is 9.88 Å². The lowest BCUT2D eigenvalue weighted by atomic mass is 9.93. The minimum atomic E-state index is 0.0983. The molecule has 0 saturated heterocycles. The van der Waals surface area contributed by atoms with Crippen LogP contribution in [0.1, 0.15) is 49.4 Å². The number of hydrogen-bond acceptors (Lipinski definition) is 3. The normalized spacial score (nSPS) is 19.1. The van der Waals surface area contributed by atoms with E-state index >= 15 is 0 Å². The Morgan fingerprint density at radius 1 is 1.42 bits per heavy atom. The van der Waals surface area contributed by atoms with Crippen molar-refractivity contribution in [1.29, 1.82) is 0 Å². The smallest absolute Gasteiger partial charge is 0.203 e. The highest BCUT2D eigenvalue weighted by atomic mass is 32.1. The van der Waals surface area contributed by atoms with E-state index in [-0.39, 0.29) is 5.41 Å². The molecule has 0 radical (unpaired) electrons. The van der Waals surface area contributed by atoms with Crippen LogP contribution in [0.3, 0.4) is 0 Å². The molecule has 1 atom stereocenters. The maximum Gasteiger partial charge on any atom is 0.203 e. The standard InChI is InChI=1S/C15H21N3S/c1-10-6-8-19-13(10)11-5-7-16-14-17-12(9-18(11)14)15(2,3)4/h6,8-9,11H,5,7H2,1-4H3,(H,16,17). The van der Waals surface area contributed by atoms with Gasteiger partial charge in [0.25, 0.3) is 0 Å². The summed E-state index contributed by atoms with van der Waals surface area (Å²) in [6.45, 7) is 9.85. The van der Waals surface area contributed by atoms with Crippen molar-refractivity contribution < 1.29 is 0 Å². The number of rotatable bonds is 1. The van der Waals surface area contributed by atoms with Crippen LogP contribution in [0.4, 0.5) is 5.95 Å². The second-order valence-electron chi connectivity index (χ2n) is 6.31. The third-order valence-electron chi connectivity index (χ3n) is 3.74. The molecule has 3 heterocycles. The van der Waals surface area contributed by atoms with Crippen molar-refractivity contribution in [3.63, 3.8) is 0 Å². The molecule has 3 rings (SSSR count). The third kappa shape index (κ3) is 2.18. The van der Waals surface area contributed by atoms with Gasteiger partial charge in [-0.25, -0.2) is 4.98 Å². The summed E-state index contributed by atoms with van der Waals surface area (Å²) >= 11 is 1.86. The number of anilines is 1. The fraction of sp³-hybridized carbons (Fsp3) is 0.533. The zero-order valence-corrected chi connectivity index (χ0v) is 12.8. The van der Waals surface area contributed by atoms with Gasteiger partial charge in [-0.1, -0.05) is 20.8 Å². The molecule has 0 amide bonds. The average molecular weight is 275 g/mol. The highest BCUT2D eigenvalue weighted by Gasteiger charge is 2.27. The minimum Gasteiger partial charge on any atom is -0.356 e. The molecule has 19 heavy (non-hydrogen) atoms. The summed E-state index contributed by atoms with van der Waals surface area (Å²) < 4.78 is 2.32. The molecular weight excluding hydrogens is 254 g/mol. The van der Waals surface area contributed by atoms with Crippen LogP contribution in [-0.2, 0) is 5.41 Å². The number of thiophene rings is 1. The molecule has 1 N–H and O–H groups in total. The van der Waals surface area contributed by atoms with Gasteiger partial charge >= 0.3 is 0 Å². The maximum absolute atomic E-state index is 4.77. The molecule has 0 fully saturated rings. The highest BCUT2D eigenvalue weighted by molar-refractivity contribution is 7.10. The molecule has 0 spiro atoms. The number of hydrogen-bond donors (Lipinski definition) is 1. The molecule has 102 valence electrons. The van der Waals surface area contributed by atoms with E-state index in [9.17, 15) is 0 Å². The van der Waals surface area contributed by atoms with Crippen LogP contribution in [-0.4, -0.2) is 16.1 Å². The van der Waals surface area contributed by atoms with Crippen molar-refractivity contribution >= 4 is 17.3 Å². The summed E-state index contributed by atoms with van der Waals surface area (Å²) in [5, 5.41) is 5.61. The van der Waals surface area contributed by atoms with Gasteiger partial charge in [0, 0.05) is 23.0 Å². The van der Waals surface area contributed by atoms with Gasteiger partial charge in [0.05, 0.1) is 11.7 Å². The molecule has 1 unspecified atom stereocenters. The summed E-state index contributed by atoms with van der Waals surface area (Å²) in [6, 6.07) is 2.66. The highest BCUT2D eigenvalue weighted by Crippen LogP contribution is 2.36. The Morgan fingerprint density at radius 3 is 2.84 bits per heavy atom. The second kappa shape index (κ2) is 4.37. The van der Waals surface area contributed by atoms with Crippen LogP contribution >= 0.6 is 11.3 Å². The van der Waals surface area contributed by atoms with Crippen molar-refractivity contribution in [2.75, 3.05) is 11.9 Å². The van der Waals surface area contributed by atoms with Crippen molar-refractivity contribution in [2.24, 2.45) is 0 Å². The number of aryl methyl sites for hydroxylation is 1. The van der Waals surface area contributed by atoms with Crippen LogP contribution in [0.2, 0.25) is 0 Å². The van der Waals surface area contributed by atoms with Crippen molar-refractivity contribution in [3.8, 4) is 0 Å². The first kappa shape index (κ1) is 12.7. The summed E-state index contributed by atoms with van der Waals surface area (Å²) in [4.78, 5) is 6.24. The molecule has 1 aliphatic rings. The number of imidazole rings is 1. The zero-order chi connectivity index (χ0) is 13.6. The molecule has 0 aliphatic carbocycles. The predicted molar refractivity (Wildman–Crippen MR) is 81.2 cm³/mol. The van der Waals surface area contributed by atoms with E-state index in [1.54, 1.807) is 0 Å².